The molecule has 4 heteroatoms. The van der Waals surface area contributed by atoms with E-state index in [-0.39, 0.29) is 18.4 Å². The molecule has 0 spiro atoms. The van der Waals surface area contributed by atoms with Crippen LogP contribution in [0.5, 0.6) is 0 Å². The Bertz CT molecular complexity index is 244. The molecule has 2 fully saturated rings. The molecule has 1 saturated carbocycles. The predicted octanol–water partition coefficient (Wildman–Crippen LogP) is 0.296. The first kappa shape index (κ1) is 9.65. The number of amides is 2. The van der Waals surface area contributed by atoms with Crippen molar-refractivity contribution in [2.45, 2.75) is 38.2 Å². The first-order chi connectivity index (χ1) is 6.68. The van der Waals surface area contributed by atoms with Gasteiger partial charge in [0.2, 0.25) is 11.8 Å². The minimum Gasteiger partial charge on any atom is -0.391 e. The third-order valence-corrected chi connectivity index (χ3v) is 3.22. The van der Waals surface area contributed by atoms with Gasteiger partial charge in [0.1, 0.15) is 0 Å². The van der Waals surface area contributed by atoms with Gasteiger partial charge in [0.15, 0.2) is 0 Å². The summed E-state index contributed by atoms with van der Waals surface area (Å²) in [5, 5.41) is 9.72. The monoisotopic (exact) mass is 197 g/mol. The van der Waals surface area contributed by atoms with E-state index in [2.05, 4.69) is 0 Å². The highest BCUT2D eigenvalue weighted by molar-refractivity contribution is 6.01. The average molecular weight is 197 g/mol. The summed E-state index contributed by atoms with van der Waals surface area (Å²) in [4.78, 5) is 23.7. The Morgan fingerprint density at radius 3 is 2.29 bits per heavy atom. The van der Waals surface area contributed by atoms with Gasteiger partial charge in [-0.05, 0) is 18.8 Å². The number of aliphatic hydroxyl groups excluding tert-OH is 1. The maximum absolute atomic E-state index is 11.2. The van der Waals surface area contributed by atoms with Crippen LogP contribution in [0.1, 0.15) is 32.1 Å². The first-order valence-electron chi connectivity index (χ1n) is 5.20. The molecular formula is C10H15NO3. The van der Waals surface area contributed by atoms with E-state index in [0.717, 1.165) is 19.3 Å². The lowest BCUT2D eigenvalue weighted by molar-refractivity contribution is -0.140. The summed E-state index contributed by atoms with van der Waals surface area (Å²) < 4.78 is 0. The molecule has 1 saturated heterocycles. The van der Waals surface area contributed by atoms with Gasteiger partial charge < -0.3 is 5.11 Å². The van der Waals surface area contributed by atoms with Gasteiger partial charge in [0.25, 0.3) is 0 Å². The van der Waals surface area contributed by atoms with Gasteiger partial charge in [-0.15, -0.1) is 0 Å². The molecule has 1 atom stereocenters. The first-order valence-corrected chi connectivity index (χ1v) is 5.20. The molecule has 2 aliphatic rings. The van der Waals surface area contributed by atoms with Crippen molar-refractivity contribution in [1.29, 1.82) is 0 Å². The van der Waals surface area contributed by atoms with Gasteiger partial charge in [0.05, 0.1) is 12.6 Å². The van der Waals surface area contributed by atoms with Crippen LogP contribution in [0.3, 0.4) is 0 Å². The van der Waals surface area contributed by atoms with Crippen LogP contribution in [0.4, 0.5) is 0 Å². The molecule has 2 amide bonds. The lowest BCUT2D eigenvalue weighted by Crippen LogP contribution is -2.41. The highest BCUT2D eigenvalue weighted by atomic mass is 16.3. The molecule has 0 aromatic carbocycles. The Morgan fingerprint density at radius 2 is 1.86 bits per heavy atom. The van der Waals surface area contributed by atoms with Crippen LogP contribution in [0.15, 0.2) is 0 Å². The summed E-state index contributed by atoms with van der Waals surface area (Å²) in [5.74, 6) is 0.0398. The van der Waals surface area contributed by atoms with E-state index in [1.165, 1.54) is 4.90 Å². The second-order valence-corrected chi connectivity index (χ2v) is 4.16. The van der Waals surface area contributed by atoms with Gasteiger partial charge in [-0.1, -0.05) is 6.42 Å². The topological polar surface area (TPSA) is 57.6 Å². The summed E-state index contributed by atoms with van der Waals surface area (Å²) >= 11 is 0. The number of likely N-dealkylation sites (tertiary alicyclic amines) is 1. The van der Waals surface area contributed by atoms with E-state index in [1.54, 1.807) is 0 Å². The quantitative estimate of drug-likeness (QED) is 0.662. The van der Waals surface area contributed by atoms with Crippen molar-refractivity contribution in [3.63, 3.8) is 0 Å². The number of aliphatic hydroxyl groups is 1. The summed E-state index contributed by atoms with van der Waals surface area (Å²) in [6.45, 7) is 0.211. The van der Waals surface area contributed by atoms with E-state index in [4.69, 9.17) is 0 Å². The molecule has 1 aliphatic carbocycles. The van der Waals surface area contributed by atoms with Crippen molar-refractivity contribution in [3.8, 4) is 0 Å². The van der Waals surface area contributed by atoms with Crippen LogP contribution >= 0.6 is 0 Å². The second-order valence-electron chi connectivity index (χ2n) is 4.16. The Hall–Kier alpha value is -0.900. The normalized spacial score (nSPS) is 25.4. The van der Waals surface area contributed by atoms with Crippen molar-refractivity contribution in [2.24, 2.45) is 5.92 Å². The smallest absolute Gasteiger partial charge is 0.229 e. The average Bonchev–Trinajstić information content (AvgIpc) is 2.32. The van der Waals surface area contributed by atoms with Crippen LogP contribution < -0.4 is 0 Å². The van der Waals surface area contributed by atoms with E-state index < -0.39 is 6.10 Å². The van der Waals surface area contributed by atoms with Crippen molar-refractivity contribution in [2.75, 3.05) is 6.54 Å². The summed E-state index contributed by atoms with van der Waals surface area (Å²) in [6.07, 6.45) is 3.33. The van der Waals surface area contributed by atoms with Crippen molar-refractivity contribution in [3.05, 3.63) is 0 Å². The second kappa shape index (κ2) is 3.69. The summed E-state index contributed by atoms with van der Waals surface area (Å²) in [5.41, 5.74) is 0. The number of rotatable bonds is 3. The zero-order valence-electron chi connectivity index (χ0n) is 8.11. The minimum atomic E-state index is -0.505. The zero-order valence-corrected chi connectivity index (χ0v) is 8.11. The highest BCUT2D eigenvalue weighted by Gasteiger charge is 2.34. The van der Waals surface area contributed by atoms with Gasteiger partial charge in [-0.3, -0.25) is 14.5 Å². The lowest BCUT2D eigenvalue weighted by Gasteiger charge is -2.32. The van der Waals surface area contributed by atoms with Gasteiger partial charge in [-0.2, -0.15) is 0 Å². The molecule has 14 heavy (non-hydrogen) atoms. The number of nitrogens with zero attached hydrogens (tertiary/aromatic N) is 1. The molecule has 0 aromatic heterocycles. The van der Waals surface area contributed by atoms with Crippen LogP contribution in [0, 0.1) is 5.92 Å². The number of imide groups is 1. The fourth-order valence-corrected chi connectivity index (χ4v) is 1.99. The van der Waals surface area contributed by atoms with E-state index in [0.29, 0.717) is 18.8 Å². The Labute approximate surface area is 82.9 Å². The van der Waals surface area contributed by atoms with Crippen LogP contribution in [0.25, 0.3) is 0 Å². The summed E-state index contributed by atoms with van der Waals surface area (Å²) in [6, 6.07) is 0. The van der Waals surface area contributed by atoms with Gasteiger partial charge >= 0.3 is 0 Å². The standard InChI is InChI=1S/C10H15NO3/c12-8(7-2-1-3-7)6-11-9(13)4-5-10(11)14/h7-8,12H,1-6H2. The van der Waals surface area contributed by atoms with Crippen molar-refractivity contribution in [1.82, 2.24) is 4.90 Å². The number of carbonyl (C=O) groups is 2. The van der Waals surface area contributed by atoms with Crippen LogP contribution in [0.2, 0.25) is 0 Å². The maximum atomic E-state index is 11.2. The third-order valence-electron chi connectivity index (χ3n) is 3.22. The molecule has 1 heterocycles. The van der Waals surface area contributed by atoms with Crippen molar-refractivity contribution < 1.29 is 14.7 Å². The largest absolute Gasteiger partial charge is 0.391 e. The Morgan fingerprint density at radius 1 is 1.29 bits per heavy atom. The predicted molar refractivity (Wildman–Crippen MR) is 49.3 cm³/mol. The third kappa shape index (κ3) is 1.66. The highest BCUT2D eigenvalue weighted by Crippen LogP contribution is 2.30. The van der Waals surface area contributed by atoms with E-state index in [9.17, 15) is 14.7 Å². The van der Waals surface area contributed by atoms with Gasteiger partial charge in [-0.25, -0.2) is 0 Å². The molecule has 2 rings (SSSR count). The molecule has 4 nitrogen and oxygen atoms in total. The van der Waals surface area contributed by atoms with E-state index in [1.807, 2.05) is 0 Å². The molecule has 0 radical (unpaired) electrons. The number of β-amino-alcohol motifs (C(OH)–C–C–N with tert-alkyl or cyclic N) is 1. The Balaban J connectivity index is 1.89. The molecular weight excluding hydrogens is 182 g/mol. The molecule has 1 unspecified atom stereocenters. The fraction of sp³-hybridized carbons (Fsp3) is 0.800. The van der Waals surface area contributed by atoms with Crippen LogP contribution in [-0.4, -0.2) is 34.5 Å². The molecule has 0 bridgehead atoms. The van der Waals surface area contributed by atoms with E-state index >= 15 is 0 Å². The van der Waals surface area contributed by atoms with Crippen LogP contribution in [-0.2, 0) is 9.59 Å². The lowest BCUT2D eigenvalue weighted by atomic mass is 9.81. The maximum Gasteiger partial charge on any atom is 0.229 e. The molecule has 0 aromatic rings. The SMILES string of the molecule is O=C1CCC(=O)N1CC(O)C1CCC1. The molecule has 1 N–H and O–H groups in total. The van der Waals surface area contributed by atoms with Crippen molar-refractivity contribution >= 4 is 11.8 Å². The number of hydrogen-bond donors (Lipinski definition) is 1. The molecule has 78 valence electrons. The zero-order chi connectivity index (χ0) is 10.1. The fourth-order valence-electron chi connectivity index (χ4n) is 1.99. The Kier molecular flexibility index (Phi) is 2.54. The summed E-state index contributed by atoms with van der Waals surface area (Å²) in [7, 11) is 0. The molecule has 1 aliphatic heterocycles. The number of hydrogen-bond acceptors (Lipinski definition) is 3. The van der Waals surface area contributed by atoms with Gasteiger partial charge in [0, 0.05) is 12.8 Å². The number of carbonyl (C=O) groups excluding carboxylic acids is 2. The minimum absolute atomic E-state index is 0.131.